The van der Waals surface area contributed by atoms with Gasteiger partial charge in [-0.3, -0.25) is 14.5 Å². The van der Waals surface area contributed by atoms with Crippen LogP contribution in [0.1, 0.15) is 54.7 Å². The van der Waals surface area contributed by atoms with Crippen LogP contribution in [-0.4, -0.2) is 86.3 Å². The number of nitrogens with one attached hydrogen (secondary N) is 1. The van der Waals surface area contributed by atoms with Gasteiger partial charge in [-0.05, 0) is 30.5 Å². The highest BCUT2D eigenvalue weighted by Crippen LogP contribution is 2.34. The SMILES string of the molecule is CC(=O)N1CCN(Cc2ccc(Nc3ncc4cc(C(=O)N(C)C)n(C5CCCC5)c4n3)nc2)CC1. The molecule has 1 saturated carbocycles. The second-order valence-electron chi connectivity index (χ2n) is 9.97. The fourth-order valence-corrected chi connectivity index (χ4v) is 5.18. The number of nitrogens with zero attached hydrogens (tertiary/aromatic N) is 7. The standard InChI is InChI=1S/C26H34N8O2/c1-18(35)33-12-10-32(11-13-33)17-19-8-9-23(27-15-19)29-26-28-16-20-14-22(25(36)31(2)3)34(24(20)30-26)21-6-4-5-7-21/h8-9,14-16,21H,4-7,10-13,17H2,1-3H3,(H,27,28,29,30). The lowest BCUT2D eigenvalue weighted by molar-refractivity contribution is -0.130. The Balaban J connectivity index is 1.31. The van der Waals surface area contributed by atoms with Gasteiger partial charge in [-0.2, -0.15) is 4.98 Å². The molecule has 1 N–H and O–H groups in total. The van der Waals surface area contributed by atoms with E-state index in [1.54, 1.807) is 32.1 Å². The van der Waals surface area contributed by atoms with Crippen LogP contribution < -0.4 is 5.32 Å². The molecule has 36 heavy (non-hydrogen) atoms. The maximum Gasteiger partial charge on any atom is 0.270 e. The molecule has 1 aliphatic carbocycles. The molecule has 5 rings (SSSR count). The summed E-state index contributed by atoms with van der Waals surface area (Å²) < 4.78 is 2.11. The van der Waals surface area contributed by atoms with Crippen molar-refractivity contribution < 1.29 is 9.59 Å². The molecular weight excluding hydrogens is 456 g/mol. The Labute approximate surface area is 211 Å². The smallest absolute Gasteiger partial charge is 0.270 e. The van der Waals surface area contributed by atoms with E-state index >= 15 is 0 Å². The zero-order valence-electron chi connectivity index (χ0n) is 21.3. The van der Waals surface area contributed by atoms with Gasteiger partial charge in [-0.25, -0.2) is 9.97 Å². The molecule has 2 fully saturated rings. The number of carbonyl (C=O) groups excluding carboxylic acids is 2. The zero-order chi connectivity index (χ0) is 25.2. The van der Waals surface area contributed by atoms with Crippen LogP contribution in [0.5, 0.6) is 0 Å². The minimum atomic E-state index is -0.0191. The van der Waals surface area contributed by atoms with E-state index in [0.717, 1.165) is 62.2 Å². The number of anilines is 2. The third kappa shape index (κ3) is 5.04. The van der Waals surface area contributed by atoms with Crippen molar-refractivity contribution in [1.29, 1.82) is 0 Å². The fourth-order valence-electron chi connectivity index (χ4n) is 5.18. The minimum Gasteiger partial charge on any atom is -0.343 e. The molecule has 2 aliphatic rings. The van der Waals surface area contributed by atoms with E-state index in [2.05, 4.69) is 30.8 Å². The molecule has 2 amide bonds. The van der Waals surface area contributed by atoms with Crippen LogP contribution >= 0.6 is 0 Å². The van der Waals surface area contributed by atoms with Crippen LogP contribution in [0.25, 0.3) is 11.0 Å². The summed E-state index contributed by atoms with van der Waals surface area (Å²) >= 11 is 0. The van der Waals surface area contributed by atoms with E-state index in [1.165, 1.54) is 12.8 Å². The van der Waals surface area contributed by atoms with Gasteiger partial charge >= 0.3 is 0 Å². The Bertz CT molecular complexity index is 1240. The summed E-state index contributed by atoms with van der Waals surface area (Å²) in [5.41, 5.74) is 2.57. The summed E-state index contributed by atoms with van der Waals surface area (Å²) in [6.07, 6.45) is 8.08. The third-order valence-electron chi connectivity index (χ3n) is 7.18. The van der Waals surface area contributed by atoms with Gasteiger partial charge in [0.1, 0.15) is 17.2 Å². The monoisotopic (exact) mass is 490 g/mol. The van der Waals surface area contributed by atoms with E-state index < -0.39 is 0 Å². The molecular formula is C26H34N8O2. The van der Waals surface area contributed by atoms with Gasteiger partial charge in [0, 0.05) is 77.6 Å². The number of carbonyl (C=O) groups is 2. The third-order valence-corrected chi connectivity index (χ3v) is 7.18. The average molecular weight is 491 g/mol. The summed E-state index contributed by atoms with van der Waals surface area (Å²) in [6, 6.07) is 6.17. The van der Waals surface area contributed by atoms with Crippen molar-refractivity contribution >= 4 is 34.6 Å². The summed E-state index contributed by atoms with van der Waals surface area (Å²) in [7, 11) is 3.55. The maximum absolute atomic E-state index is 12.9. The Morgan fingerprint density at radius 1 is 1.06 bits per heavy atom. The van der Waals surface area contributed by atoms with Gasteiger partial charge in [0.15, 0.2) is 0 Å². The molecule has 3 aromatic rings. The number of piperazine rings is 1. The lowest BCUT2D eigenvalue weighted by Gasteiger charge is -2.34. The van der Waals surface area contributed by atoms with E-state index in [0.29, 0.717) is 17.5 Å². The van der Waals surface area contributed by atoms with Crippen LogP contribution in [0.2, 0.25) is 0 Å². The van der Waals surface area contributed by atoms with Crippen LogP contribution in [0.3, 0.4) is 0 Å². The van der Waals surface area contributed by atoms with E-state index in [-0.39, 0.29) is 17.9 Å². The molecule has 190 valence electrons. The first kappa shape index (κ1) is 24.2. The summed E-state index contributed by atoms with van der Waals surface area (Å²) in [5, 5.41) is 4.09. The quantitative estimate of drug-likeness (QED) is 0.567. The van der Waals surface area contributed by atoms with Crippen LogP contribution in [-0.2, 0) is 11.3 Å². The number of fused-ring (bicyclic) bond motifs is 1. The molecule has 10 heteroatoms. The Morgan fingerprint density at radius 2 is 1.81 bits per heavy atom. The van der Waals surface area contributed by atoms with Gasteiger partial charge in [0.05, 0.1) is 0 Å². The highest BCUT2D eigenvalue weighted by Gasteiger charge is 2.26. The van der Waals surface area contributed by atoms with Crippen molar-refractivity contribution in [2.75, 3.05) is 45.6 Å². The van der Waals surface area contributed by atoms with Crippen LogP contribution in [0.15, 0.2) is 30.6 Å². The van der Waals surface area contributed by atoms with E-state index in [1.807, 2.05) is 23.2 Å². The van der Waals surface area contributed by atoms with Gasteiger partial charge in [0.2, 0.25) is 11.9 Å². The topological polar surface area (TPSA) is 99.5 Å². The molecule has 0 atom stereocenters. The molecule has 3 aromatic heterocycles. The first-order valence-corrected chi connectivity index (χ1v) is 12.7. The second kappa shape index (κ2) is 10.2. The van der Waals surface area contributed by atoms with Gasteiger partial charge < -0.3 is 19.7 Å². The zero-order valence-corrected chi connectivity index (χ0v) is 21.3. The van der Waals surface area contributed by atoms with Crippen molar-refractivity contribution in [1.82, 2.24) is 34.2 Å². The van der Waals surface area contributed by atoms with Crippen molar-refractivity contribution in [3.05, 3.63) is 41.9 Å². The molecule has 1 aliphatic heterocycles. The Kier molecular flexibility index (Phi) is 6.86. The lowest BCUT2D eigenvalue weighted by atomic mass is 10.2. The van der Waals surface area contributed by atoms with E-state index in [9.17, 15) is 9.59 Å². The number of aromatic nitrogens is 4. The average Bonchev–Trinajstić information content (AvgIpc) is 3.52. The van der Waals surface area contributed by atoms with Gasteiger partial charge in [-0.15, -0.1) is 0 Å². The molecule has 1 saturated heterocycles. The summed E-state index contributed by atoms with van der Waals surface area (Å²) in [6.45, 7) is 5.71. The number of pyridine rings is 1. The minimum absolute atomic E-state index is 0.0191. The predicted molar refractivity (Wildman–Crippen MR) is 138 cm³/mol. The van der Waals surface area contributed by atoms with Crippen LogP contribution in [0, 0.1) is 0 Å². The van der Waals surface area contributed by atoms with Crippen molar-refractivity contribution in [3.63, 3.8) is 0 Å². The van der Waals surface area contributed by atoms with E-state index in [4.69, 9.17) is 4.98 Å². The largest absolute Gasteiger partial charge is 0.343 e. The summed E-state index contributed by atoms with van der Waals surface area (Å²) in [5.74, 6) is 1.25. The highest BCUT2D eigenvalue weighted by molar-refractivity contribution is 5.97. The van der Waals surface area contributed by atoms with Crippen molar-refractivity contribution in [3.8, 4) is 0 Å². The van der Waals surface area contributed by atoms with Crippen LogP contribution in [0.4, 0.5) is 11.8 Å². The Morgan fingerprint density at radius 3 is 2.44 bits per heavy atom. The first-order chi connectivity index (χ1) is 17.4. The second-order valence-corrected chi connectivity index (χ2v) is 9.97. The molecule has 4 heterocycles. The van der Waals surface area contributed by atoms with Gasteiger partial charge in [0.25, 0.3) is 5.91 Å². The van der Waals surface area contributed by atoms with Crippen molar-refractivity contribution in [2.24, 2.45) is 0 Å². The lowest BCUT2D eigenvalue weighted by Crippen LogP contribution is -2.47. The fraction of sp³-hybridized carbons (Fsp3) is 0.500. The highest BCUT2D eigenvalue weighted by atomic mass is 16.2. The summed E-state index contributed by atoms with van der Waals surface area (Å²) in [4.78, 5) is 44.1. The molecule has 0 unspecified atom stereocenters. The molecule has 0 radical (unpaired) electrons. The number of amides is 2. The number of hydrogen-bond acceptors (Lipinski definition) is 7. The number of rotatable bonds is 6. The Hall–Kier alpha value is -3.53. The molecule has 0 bridgehead atoms. The maximum atomic E-state index is 12.9. The normalized spacial score (nSPS) is 17.0. The van der Waals surface area contributed by atoms with Crippen molar-refractivity contribution in [2.45, 2.75) is 45.2 Å². The molecule has 0 aromatic carbocycles. The van der Waals surface area contributed by atoms with Gasteiger partial charge in [-0.1, -0.05) is 18.9 Å². The molecule has 10 nitrogen and oxygen atoms in total. The number of hydrogen-bond donors (Lipinski definition) is 1. The predicted octanol–water partition coefficient (Wildman–Crippen LogP) is 3.05. The molecule has 0 spiro atoms. The first-order valence-electron chi connectivity index (χ1n) is 12.7.